The molecular formula is C40H28F4N2. The summed E-state index contributed by atoms with van der Waals surface area (Å²) in [6.07, 6.45) is 1.53. The van der Waals surface area contributed by atoms with E-state index in [2.05, 4.69) is 30.3 Å². The third-order valence-electron chi connectivity index (χ3n) is 8.97. The summed E-state index contributed by atoms with van der Waals surface area (Å²) in [5, 5.41) is 3.98. The number of aromatic nitrogens is 2. The third kappa shape index (κ3) is 4.55. The van der Waals surface area contributed by atoms with Crippen LogP contribution in [0.1, 0.15) is 22.3 Å². The lowest BCUT2D eigenvalue weighted by Crippen LogP contribution is -1.99. The second-order valence-corrected chi connectivity index (χ2v) is 12.1. The summed E-state index contributed by atoms with van der Waals surface area (Å²) >= 11 is 0. The lowest BCUT2D eigenvalue weighted by Gasteiger charge is -2.10. The third-order valence-corrected chi connectivity index (χ3v) is 8.97. The minimum Gasteiger partial charge on any atom is -0.306 e. The van der Waals surface area contributed by atoms with Gasteiger partial charge in [0.1, 0.15) is 23.3 Å². The first kappa shape index (κ1) is 28.1. The Labute approximate surface area is 262 Å². The molecule has 0 radical (unpaired) electrons. The molecule has 2 nitrogen and oxygen atoms in total. The maximum Gasteiger partial charge on any atom is 0.150 e. The molecule has 0 fully saturated rings. The van der Waals surface area contributed by atoms with E-state index < -0.39 is 23.3 Å². The minimum atomic E-state index is -0.615. The predicted octanol–water partition coefficient (Wildman–Crippen LogP) is 10.8. The molecule has 2 heterocycles. The van der Waals surface area contributed by atoms with E-state index in [1.54, 1.807) is 4.57 Å². The van der Waals surface area contributed by atoms with Gasteiger partial charge in [0, 0.05) is 33.7 Å². The highest BCUT2D eigenvalue weighted by molar-refractivity contribution is 6.10. The van der Waals surface area contributed by atoms with Crippen LogP contribution in [0.4, 0.5) is 17.6 Å². The minimum absolute atomic E-state index is 0.180. The molecule has 0 aliphatic rings. The molecule has 0 aliphatic carbocycles. The topological polar surface area (TPSA) is 9.86 Å². The maximum absolute atomic E-state index is 15.0. The van der Waals surface area contributed by atoms with Crippen LogP contribution in [0.15, 0.2) is 109 Å². The standard InChI is InChI=1S/C40H28F4N2/c1-23-3-12-35-29(17-23)31-19-25(7-14-37(31)45(35)39-16-10-27(41)21-34(39)44)5-6-26-8-15-38-32(20-26)30-18-24(2)4-13-36(30)46(38)40-22-28(42)9-11-33(40)43/h3-4,7-22H,5-6H2,1-2H3. The van der Waals surface area contributed by atoms with E-state index >= 15 is 4.39 Å². The van der Waals surface area contributed by atoms with Crippen LogP contribution < -0.4 is 0 Å². The van der Waals surface area contributed by atoms with Crippen LogP contribution >= 0.6 is 0 Å². The molecule has 0 bridgehead atoms. The van der Waals surface area contributed by atoms with Gasteiger partial charge in [0.05, 0.1) is 33.4 Å². The van der Waals surface area contributed by atoms with E-state index in [0.29, 0.717) is 5.69 Å². The van der Waals surface area contributed by atoms with Gasteiger partial charge in [-0.2, -0.15) is 0 Å². The van der Waals surface area contributed by atoms with Crippen molar-refractivity contribution in [2.75, 3.05) is 0 Å². The molecule has 226 valence electrons. The highest BCUT2D eigenvalue weighted by Crippen LogP contribution is 2.36. The molecule has 2 aromatic heterocycles. The van der Waals surface area contributed by atoms with Crippen molar-refractivity contribution in [3.8, 4) is 11.4 Å². The Kier molecular flexibility index (Phi) is 6.50. The number of rotatable bonds is 5. The molecule has 0 spiro atoms. The molecular weight excluding hydrogens is 584 g/mol. The van der Waals surface area contributed by atoms with Crippen LogP contribution in [0.2, 0.25) is 0 Å². The second kappa shape index (κ2) is 10.6. The van der Waals surface area contributed by atoms with Crippen LogP contribution in [0.3, 0.4) is 0 Å². The Morgan fingerprint density at radius 2 is 0.870 bits per heavy atom. The zero-order chi connectivity index (χ0) is 31.7. The molecule has 0 aliphatic heterocycles. The summed E-state index contributed by atoms with van der Waals surface area (Å²) in [5.41, 5.74) is 8.26. The average molecular weight is 613 g/mol. The number of nitrogens with zero attached hydrogens (tertiary/aromatic N) is 2. The van der Waals surface area contributed by atoms with E-state index in [-0.39, 0.29) is 5.69 Å². The van der Waals surface area contributed by atoms with Crippen molar-refractivity contribution in [2.24, 2.45) is 0 Å². The van der Waals surface area contributed by atoms with Gasteiger partial charge in [0.25, 0.3) is 0 Å². The van der Waals surface area contributed by atoms with Crippen molar-refractivity contribution in [1.82, 2.24) is 9.13 Å². The first-order valence-corrected chi connectivity index (χ1v) is 15.2. The highest BCUT2D eigenvalue weighted by Gasteiger charge is 2.18. The van der Waals surface area contributed by atoms with Gasteiger partial charge >= 0.3 is 0 Å². The van der Waals surface area contributed by atoms with Gasteiger partial charge < -0.3 is 9.13 Å². The Balaban J connectivity index is 1.20. The number of hydrogen-bond donors (Lipinski definition) is 0. The number of fused-ring (bicyclic) bond motifs is 6. The number of aryl methyl sites for hydroxylation is 4. The number of halogens is 4. The van der Waals surface area contributed by atoms with Crippen molar-refractivity contribution < 1.29 is 17.6 Å². The molecule has 6 aromatic carbocycles. The van der Waals surface area contributed by atoms with E-state index in [9.17, 15) is 13.2 Å². The van der Waals surface area contributed by atoms with Crippen LogP contribution in [-0.2, 0) is 12.8 Å². The van der Waals surface area contributed by atoms with Crippen molar-refractivity contribution in [3.63, 3.8) is 0 Å². The Morgan fingerprint density at radius 1 is 0.413 bits per heavy atom. The van der Waals surface area contributed by atoms with E-state index in [0.717, 1.165) is 96.9 Å². The summed E-state index contributed by atoms with van der Waals surface area (Å²) in [6.45, 7) is 4.05. The Hall–Kier alpha value is -5.36. The van der Waals surface area contributed by atoms with Crippen molar-refractivity contribution >= 4 is 43.6 Å². The molecule has 0 N–H and O–H groups in total. The van der Waals surface area contributed by atoms with Crippen LogP contribution in [0, 0.1) is 37.1 Å². The van der Waals surface area contributed by atoms with Crippen molar-refractivity contribution in [2.45, 2.75) is 26.7 Å². The average Bonchev–Trinajstić information content (AvgIpc) is 3.52. The lowest BCUT2D eigenvalue weighted by atomic mass is 10.0. The van der Waals surface area contributed by atoms with Gasteiger partial charge in [-0.1, -0.05) is 35.4 Å². The summed E-state index contributed by atoms with van der Waals surface area (Å²) in [5.74, 6) is -2.21. The summed E-state index contributed by atoms with van der Waals surface area (Å²) in [7, 11) is 0. The normalized spacial score (nSPS) is 11.9. The maximum atomic E-state index is 15.0. The van der Waals surface area contributed by atoms with Gasteiger partial charge in [-0.05, 0) is 111 Å². The Morgan fingerprint density at radius 3 is 1.41 bits per heavy atom. The zero-order valence-corrected chi connectivity index (χ0v) is 25.2. The van der Waals surface area contributed by atoms with Gasteiger partial charge in [-0.3, -0.25) is 0 Å². The zero-order valence-electron chi connectivity index (χ0n) is 25.2. The van der Waals surface area contributed by atoms with Crippen molar-refractivity contribution in [3.05, 3.63) is 155 Å². The first-order chi connectivity index (χ1) is 22.2. The molecule has 46 heavy (non-hydrogen) atoms. The molecule has 8 aromatic rings. The molecule has 0 saturated heterocycles. The van der Waals surface area contributed by atoms with Crippen LogP contribution in [0.25, 0.3) is 55.0 Å². The van der Waals surface area contributed by atoms with Gasteiger partial charge in [0.15, 0.2) is 0 Å². The fourth-order valence-electron chi connectivity index (χ4n) is 6.81. The summed E-state index contributed by atoms with van der Waals surface area (Å²) in [4.78, 5) is 0. The molecule has 8 rings (SSSR count). The highest BCUT2D eigenvalue weighted by atomic mass is 19.1. The first-order valence-electron chi connectivity index (χ1n) is 15.2. The molecule has 0 amide bonds. The second-order valence-electron chi connectivity index (χ2n) is 12.1. The fraction of sp³-hybridized carbons (Fsp3) is 0.100. The molecule has 6 heteroatoms. The van der Waals surface area contributed by atoms with E-state index in [1.807, 2.05) is 60.9 Å². The predicted molar refractivity (Wildman–Crippen MR) is 178 cm³/mol. The molecule has 0 saturated carbocycles. The summed E-state index contributed by atoms with van der Waals surface area (Å²) in [6, 6.07) is 31.7. The SMILES string of the molecule is Cc1ccc2c(c1)c1cc(CCc3ccc4c(c3)c3cc(C)ccc3n4-c3cc(F)ccc3F)ccc1n2-c1ccc(F)cc1F. The quantitative estimate of drug-likeness (QED) is 0.171. The molecule has 0 atom stereocenters. The number of hydrogen-bond acceptors (Lipinski definition) is 0. The van der Waals surface area contributed by atoms with E-state index in [1.165, 1.54) is 18.2 Å². The number of benzene rings is 6. The van der Waals surface area contributed by atoms with Crippen molar-refractivity contribution in [1.29, 1.82) is 0 Å². The van der Waals surface area contributed by atoms with Gasteiger partial charge in [0.2, 0.25) is 0 Å². The lowest BCUT2D eigenvalue weighted by molar-refractivity contribution is 0.579. The van der Waals surface area contributed by atoms with Crippen LogP contribution in [-0.4, -0.2) is 9.13 Å². The smallest absolute Gasteiger partial charge is 0.150 e. The van der Waals surface area contributed by atoms with Gasteiger partial charge in [-0.25, -0.2) is 17.6 Å². The van der Waals surface area contributed by atoms with Gasteiger partial charge in [-0.15, -0.1) is 0 Å². The monoisotopic (exact) mass is 612 g/mol. The molecule has 0 unspecified atom stereocenters. The van der Waals surface area contributed by atoms with E-state index in [4.69, 9.17) is 0 Å². The Bertz CT molecular complexity index is 2500. The largest absolute Gasteiger partial charge is 0.306 e. The van der Waals surface area contributed by atoms with Crippen LogP contribution in [0.5, 0.6) is 0 Å². The summed E-state index contributed by atoms with van der Waals surface area (Å²) < 4.78 is 61.7. The fourth-order valence-corrected chi connectivity index (χ4v) is 6.81.